The van der Waals surface area contributed by atoms with E-state index in [0.717, 1.165) is 72.3 Å². The van der Waals surface area contributed by atoms with Crippen molar-refractivity contribution in [1.29, 1.82) is 0 Å². The van der Waals surface area contributed by atoms with Crippen LogP contribution < -0.4 is 5.32 Å². The minimum absolute atomic E-state index is 0.215. The van der Waals surface area contributed by atoms with Gasteiger partial charge in [0.05, 0.1) is 5.69 Å². The van der Waals surface area contributed by atoms with E-state index >= 15 is 0 Å². The Morgan fingerprint density at radius 2 is 1.02 bits per heavy atom. The summed E-state index contributed by atoms with van der Waals surface area (Å²) in [4.78, 5) is 0. The number of fused-ring (bicyclic) bond motifs is 6. The molecule has 3 heteroatoms. The Bertz CT molecular complexity index is 2990. The lowest BCUT2D eigenvalue weighted by molar-refractivity contribution is 0.477. The van der Waals surface area contributed by atoms with Crippen molar-refractivity contribution in [2.45, 2.75) is 0 Å². The van der Waals surface area contributed by atoms with Gasteiger partial charge in [0.25, 0.3) is 0 Å². The first-order valence-electron chi connectivity index (χ1n) is 17.9. The maximum Gasteiger partial charge on any atom is 0.143 e. The fourth-order valence-electron chi connectivity index (χ4n) is 7.89. The molecule has 10 rings (SSSR count). The summed E-state index contributed by atoms with van der Waals surface area (Å²) in [5.74, 6) is 0.215. The van der Waals surface area contributed by atoms with Gasteiger partial charge in [-0.25, -0.2) is 0 Å². The molecule has 53 heavy (non-hydrogen) atoms. The molecule has 0 bridgehead atoms. The van der Waals surface area contributed by atoms with E-state index in [2.05, 4.69) is 151 Å². The van der Waals surface area contributed by atoms with Crippen LogP contribution in [0.4, 0.5) is 11.4 Å². The van der Waals surface area contributed by atoms with Crippen LogP contribution in [0.25, 0.3) is 88.0 Å². The highest BCUT2D eigenvalue weighted by Gasteiger charge is 2.17. The largest absolute Gasteiger partial charge is 0.507 e. The van der Waals surface area contributed by atoms with E-state index in [9.17, 15) is 5.11 Å². The van der Waals surface area contributed by atoms with E-state index in [1.807, 2.05) is 36.4 Å². The van der Waals surface area contributed by atoms with Gasteiger partial charge in [-0.05, 0) is 97.4 Å². The number of phenols is 1. The Labute approximate surface area is 307 Å². The van der Waals surface area contributed by atoms with Crippen LogP contribution in [0.5, 0.6) is 5.75 Å². The topological polar surface area (TPSA) is 45.4 Å². The number of anilines is 2. The SMILES string of the molecule is Oc1cccc(Nc2ccc(-c3cccc4c3oc3ccccc34)cc2)c1-c1ccccc1-c1cccc(-c2cc3ccccc3c3ccccc23)c1. The third kappa shape index (κ3) is 5.30. The predicted octanol–water partition coefficient (Wildman–Crippen LogP) is 14.0. The number of nitrogens with one attached hydrogen (secondary N) is 1. The summed E-state index contributed by atoms with van der Waals surface area (Å²) >= 11 is 0. The molecule has 0 amide bonds. The normalized spacial score (nSPS) is 11.5. The van der Waals surface area contributed by atoms with Crippen LogP contribution in [-0.2, 0) is 0 Å². The van der Waals surface area contributed by atoms with Gasteiger partial charge in [0.15, 0.2) is 0 Å². The number of para-hydroxylation sites is 2. The third-order valence-corrected chi connectivity index (χ3v) is 10.4. The van der Waals surface area contributed by atoms with Crippen molar-refractivity contribution in [3.8, 4) is 50.3 Å². The lowest BCUT2D eigenvalue weighted by Gasteiger charge is -2.18. The summed E-state index contributed by atoms with van der Waals surface area (Å²) in [6.45, 7) is 0. The van der Waals surface area contributed by atoms with Crippen LogP contribution in [0.1, 0.15) is 0 Å². The van der Waals surface area contributed by atoms with Gasteiger partial charge in [-0.3, -0.25) is 0 Å². The van der Waals surface area contributed by atoms with Crippen molar-refractivity contribution in [2.75, 3.05) is 5.32 Å². The molecule has 0 saturated carbocycles. The van der Waals surface area contributed by atoms with Crippen molar-refractivity contribution in [2.24, 2.45) is 0 Å². The van der Waals surface area contributed by atoms with Gasteiger partial charge in [-0.2, -0.15) is 0 Å². The van der Waals surface area contributed by atoms with Crippen LogP contribution in [0.15, 0.2) is 192 Å². The zero-order chi connectivity index (χ0) is 35.3. The molecular weight excluding hydrogens is 647 g/mol. The van der Waals surface area contributed by atoms with E-state index in [-0.39, 0.29) is 5.75 Å². The first kappa shape index (κ1) is 30.7. The number of phenolic OH excluding ortho intramolecular Hbond substituents is 1. The van der Waals surface area contributed by atoms with Crippen LogP contribution in [0, 0.1) is 0 Å². The van der Waals surface area contributed by atoms with E-state index in [4.69, 9.17) is 4.42 Å². The van der Waals surface area contributed by atoms with Gasteiger partial charge < -0.3 is 14.8 Å². The summed E-state index contributed by atoms with van der Waals surface area (Å²) in [5, 5.41) is 22.2. The lowest BCUT2D eigenvalue weighted by Crippen LogP contribution is -1.95. The summed E-state index contributed by atoms with van der Waals surface area (Å²) in [6.07, 6.45) is 0. The minimum atomic E-state index is 0.215. The number of hydrogen-bond donors (Lipinski definition) is 2. The van der Waals surface area contributed by atoms with Crippen molar-refractivity contribution < 1.29 is 9.52 Å². The molecule has 0 aliphatic carbocycles. The molecule has 0 aliphatic rings. The highest BCUT2D eigenvalue weighted by molar-refractivity contribution is 6.14. The standard InChI is InChI=1S/C50H33NO2/c52-47-24-11-23-46(51-36-28-26-32(27-29-36)39-21-10-22-44-42-19-7-8-25-48(42)53-50(39)44)49(47)43-20-6-3-16-38(43)33-13-9-14-34(30-33)45-31-35-12-1-2-15-37(35)40-17-4-5-18-41(40)45/h1-31,51-52H. The van der Waals surface area contributed by atoms with Crippen LogP contribution in [0.2, 0.25) is 0 Å². The molecule has 1 aromatic heterocycles. The van der Waals surface area contributed by atoms with Crippen molar-refractivity contribution >= 4 is 54.9 Å². The molecule has 0 atom stereocenters. The lowest BCUT2D eigenvalue weighted by atomic mass is 9.89. The van der Waals surface area contributed by atoms with Gasteiger partial charge in [-0.15, -0.1) is 0 Å². The molecule has 9 aromatic carbocycles. The maximum absolute atomic E-state index is 11.4. The van der Waals surface area contributed by atoms with E-state index < -0.39 is 0 Å². The highest BCUT2D eigenvalue weighted by atomic mass is 16.3. The van der Waals surface area contributed by atoms with Crippen molar-refractivity contribution in [3.05, 3.63) is 188 Å². The average Bonchev–Trinajstić information content (AvgIpc) is 3.60. The molecule has 3 nitrogen and oxygen atoms in total. The summed E-state index contributed by atoms with van der Waals surface area (Å²) in [7, 11) is 0. The maximum atomic E-state index is 11.4. The quantitative estimate of drug-likeness (QED) is 0.172. The highest BCUT2D eigenvalue weighted by Crippen LogP contribution is 2.44. The molecule has 0 radical (unpaired) electrons. The van der Waals surface area contributed by atoms with Crippen LogP contribution in [-0.4, -0.2) is 5.11 Å². The Kier molecular flexibility index (Phi) is 7.29. The van der Waals surface area contributed by atoms with E-state index in [1.165, 1.54) is 27.1 Å². The molecule has 0 spiro atoms. The van der Waals surface area contributed by atoms with Crippen LogP contribution >= 0.6 is 0 Å². The van der Waals surface area contributed by atoms with Crippen LogP contribution in [0.3, 0.4) is 0 Å². The van der Waals surface area contributed by atoms with E-state index in [0.29, 0.717) is 0 Å². The van der Waals surface area contributed by atoms with Gasteiger partial charge in [0.1, 0.15) is 16.9 Å². The second-order valence-corrected chi connectivity index (χ2v) is 13.5. The molecule has 250 valence electrons. The second-order valence-electron chi connectivity index (χ2n) is 13.5. The Balaban J connectivity index is 1.02. The molecule has 0 fully saturated rings. The first-order chi connectivity index (χ1) is 26.2. The Hall–Kier alpha value is -7.10. The van der Waals surface area contributed by atoms with Gasteiger partial charge in [-0.1, -0.05) is 146 Å². The smallest absolute Gasteiger partial charge is 0.143 e. The fourth-order valence-corrected chi connectivity index (χ4v) is 7.89. The van der Waals surface area contributed by atoms with Gasteiger partial charge >= 0.3 is 0 Å². The zero-order valence-corrected chi connectivity index (χ0v) is 28.8. The molecule has 2 N–H and O–H groups in total. The van der Waals surface area contributed by atoms with E-state index in [1.54, 1.807) is 6.07 Å². The number of benzene rings is 9. The molecule has 10 aromatic rings. The third-order valence-electron chi connectivity index (χ3n) is 10.4. The summed E-state index contributed by atoms with van der Waals surface area (Å²) < 4.78 is 6.31. The number of furan rings is 1. The van der Waals surface area contributed by atoms with Crippen molar-refractivity contribution in [3.63, 3.8) is 0 Å². The van der Waals surface area contributed by atoms with Gasteiger partial charge in [0.2, 0.25) is 0 Å². The minimum Gasteiger partial charge on any atom is -0.507 e. The molecule has 0 saturated heterocycles. The Morgan fingerprint density at radius 3 is 1.87 bits per heavy atom. The van der Waals surface area contributed by atoms with Crippen molar-refractivity contribution in [1.82, 2.24) is 0 Å². The predicted molar refractivity (Wildman–Crippen MR) is 222 cm³/mol. The monoisotopic (exact) mass is 679 g/mol. The molecular formula is C50H33NO2. The Morgan fingerprint density at radius 1 is 0.396 bits per heavy atom. The number of rotatable bonds is 6. The average molecular weight is 680 g/mol. The molecule has 0 unspecified atom stereocenters. The fraction of sp³-hybridized carbons (Fsp3) is 0. The van der Waals surface area contributed by atoms with Gasteiger partial charge in [0, 0.05) is 27.6 Å². The number of aromatic hydroxyl groups is 1. The summed E-state index contributed by atoms with van der Waals surface area (Å²) in [5.41, 5.74) is 11.8. The first-order valence-corrected chi connectivity index (χ1v) is 17.9. The summed E-state index contributed by atoms with van der Waals surface area (Å²) in [6, 6.07) is 65.1. The second kappa shape index (κ2) is 12.6. The molecule has 1 heterocycles. The zero-order valence-electron chi connectivity index (χ0n) is 28.8. The molecule has 0 aliphatic heterocycles. The number of hydrogen-bond acceptors (Lipinski definition) is 3.